The summed E-state index contributed by atoms with van der Waals surface area (Å²) in [4.78, 5) is 26.1. The summed E-state index contributed by atoms with van der Waals surface area (Å²) in [7, 11) is 3.45. The van der Waals surface area contributed by atoms with E-state index in [-0.39, 0.29) is 12.5 Å². The van der Waals surface area contributed by atoms with E-state index in [4.69, 9.17) is 0 Å². The summed E-state index contributed by atoms with van der Waals surface area (Å²) < 4.78 is 0. The Labute approximate surface area is 102 Å². The number of carbonyl (C=O) groups excluding carboxylic acids is 2. The Kier molecular flexibility index (Phi) is 4.69. The van der Waals surface area contributed by atoms with Gasteiger partial charge in [-0.05, 0) is 19.1 Å². The third kappa shape index (κ3) is 3.31. The molecule has 0 aliphatic rings. The molecule has 0 unspecified atom stereocenters. The van der Waals surface area contributed by atoms with Crippen LogP contribution < -0.4 is 4.90 Å². The van der Waals surface area contributed by atoms with Crippen molar-refractivity contribution in [3.63, 3.8) is 0 Å². The Morgan fingerprint density at radius 2 is 1.94 bits per heavy atom. The summed E-state index contributed by atoms with van der Waals surface area (Å²) in [5, 5.41) is 0. The minimum atomic E-state index is 0.0209. The van der Waals surface area contributed by atoms with Crippen LogP contribution >= 0.6 is 0 Å². The molecular weight excluding hydrogens is 216 g/mol. The SMILES string of the molecule is CCN(CC(=O)N(C)C)c1ccccc1C=O. The monoisotopic (exact) mass is 234 g/mol. The summed E-state index contributed by atoms with van der Waals surface area (Å²) in [6, 6.07) is 7.29. The van der Waals surface area contributed by atoms with Gasteiger partial charge in [0, 0.05) is 31.9 Å². The molecule has 0 N–H and O–H groups in total. The number of para-hydroxylation sites is 1. The van der Waals surface area contributed by atoms with E-state index in [1.165, 1.54) is 0 Å². The van der Waals surface area contributed by atoms with Gasteiger partial charge in [0.2, 0.25) is 5.91 Å². The van der Waals surface area contributed by atoms with Gasteiger partial charge in [-0.25, -0.2) is 0 Å². The second kappa shape index (κ2) is 6.03. The fourth-order valence-corrected chi connectivity index (χ4v) is 1.55. The molecule has 0 fully saturated rings. The maximum Gasteiger partial charge on any atom is 0.241 e. The number of benzene rings is 1. The van der Waals surface area contributed by atoms with Crippen LogP contribution in [0, 0.1) is 0 Å². The molecule has 4 nitrogen and oxygen atoms in total. The molecule has 0 radical (unpaired) electrons. The summed E-state index contributed by atoms with van der Waals surface area (Å²) in [5.74, 6) is 0.0209. The lowest BCUT2D eigenvalue weighted by Gasteiger charge is -2.25. The van der Waals surface area contributed by atoms with Gasteiger partial charge >= 0.3 is 0 Å². The van der Waals surface area contributed by atoms with Crippen LogP contribution in [0.5, 0.6) is 0 Å². The average molecular weight is 234 g/mol. The molecule has 0 saturated heterocycles. The molecule has 0 spiro atoms. The number of amides is 1. The molecule has 0 bridgehead atoms. The van der Waals surface area contributed by atoms with Crippen molar-refractivity contribution >= 4 is 17.9 Å². The van der Waals surface area contributed by atoms with Crippen LogP contribution in [0.4, 0.5) is 5.69 Å². The minimum Gasteiger partial charge on any atom is -0.362 e. The van der Waals surface area contributed by atoms with Crippen LogP contribution in [0.3, 0.4) is 0 Å². The number of anilines is 1. The van der Waals surface area contributed by atoms with Gasteiger partial charge in [-0.15, -0.1) is 0 Å². The van der Waals surface area contributed by atoms with Gasteiger partial charge in [0.15, 0.2) is 6.29 Å². The van der Waals surface area contributed by atoms with E-state index >= 15 is 0 Å². The number of hydrogen-bond acceptors (Lipinski definition) is 3. The summed E-state index contributed by atoms with van der Waals surface area (Å²) in [6.07, 6.45) is 0.818. The fourth-order valence-electron chi connectivity index (χ4n) is 1.55. The first-order valence-electron chi connectivity index (χ1n) is 5.59. The van der Waals surface area contributed by atoms with Gasteiger partial charge in [0.05, 0.1) is 6.54 Å². The van der Waals surface area contributed by atoms with Crippen LogP contribution in [0.25, 0.3) is 0 Å². The van der Waals surface area contributed by atoms with Crippen LogP contribution in [-0.4, -0.2) is 44.3 Å². The van der Waals surface area contributed by atoms with Gasteiger partial charge in [0.25, 0.3) is 0 Å². The number of rotatable bonds is 5. The van der Waals surface area contributed by atoms with Crippen molar-refractivity contribution in [2.75, 3.05) is 32.1 Å². The second-order valence-electron chi connectivity index (χ2n) is 3.98. The Morgan fingerprint density at radius 1 is 1.29 bits per heavy atom. The molecular formula is C13H18N2O2. The fraction of sp³-hybridized carbons (Fsp3) is 0.385. The summed E-state index contributed by atoms with van der Waals surface area (Å²) in [6.45, 7) is 2.93. The zero-order chi connectivity index (χ0) is 12.8. The number of likely N-dealkylation sites (N-methyl/N-ethyl adjacent to an activating group) is 2. The summed E-state index contributed by atoms with van der Waals surface area (Å²) >= 11 is 0. The quantitative estimate of drug-likeness (QED) is 0.723. The van der Waals surface area contributed by atoms with Crippen LogP contribution in [-0.2, 0) is 4.79 Å². The first-order valence-corrected chi connectivity index (χ1v) is 5.59. The molecule has 1 aromatic carbocycles. The number of carbonyl (C=O) groups is 2. The van der Waals surface area contributed by atoms with Crippen LogP contribution in [0.15, 0.2) is 24.3 Å². The molecule has 0 aliphatic heterocycles. The highest BCUT2D eigenvalue weighted by Gasteiger charge is 2.13. The molecule has 1 aromatic rings. The largest absolute Gasteiger partial charge is 0.362 e. The molecule has 1 rings (SSSR count). The predicted molar refractivity (Wildman–Crippen MR) is 68.4 cm³/mol. The van der Waals surface area contributed by atoms with E-state index in [2.05, 4.69) is 0 Å². The van der Waals surface area contributed by atoms with Crippen molar-refractivity contribution in [3.05, 3.63) is 29.8 Å². The zero-order valence-electron chi connectivity index (χ0n) is 10.5. The molecule has 1 amide bonds. The standard InChI is InChI=1S/C13H18N2O2/c1-4-15(9-13(17)14(2)3)12-8-6-5-7-11(12)10-16/h5-8,10H,4,9H2,1-3H3. The second-order valence-corrected chi connectivity index (χ2v) is 3.98. The highest BCUT2D eigenvalue weighted by Crippen LogP contribution is 2.18. The average Bonchev–Trinajstić information content (AvgIpc) is 2.35. The maximum absolute atomic E-state index is 11.7. The van der Waals surface area contributed by atoms with E-state index < -0.39 is 0 Å². The first-order chi connectivity index (χ1) is 8.10. The first kappa shape index (κ1) is 13.2. The van der Waals surface area contributed by atoms with E-state index in [1.54, 1.807) is 25.1 Å². The molecule has 17 heavy (non-hydrogen) atoms. The van der Waals surface area contributed by atoms with Crippen molar-refractivity contribution in [1.82, 2.24) is 4.90 Å². The van der Waals surface area contributed by atoms with Crippen molar-refractivity contribution in [2.24, 2.45) is 0 Å². The van der Waals surface area contributed by atoms with Crippen LogP contribution in [0.1, 0.15) is 17.3 Å². The Morgan fingerprint density at radius 3 is 2.47 bits per heavy atom. The molecule has 0 heterocycles. The highest BCUT2D eigenvalue weighted by molar-refractivity contribution is 5.87. The van der Waals surface area contributed by atoms with Gasteiger partial charge in [-0.2, -0.15) is 0 Å². The molecule has 0 aliphatic carbocycles. The highest BCUT2D eigenvalue weighted by atomic mass is 16.2. The van der Waals surface area contributed by atoms with Crippen molar-refractivity contribution in [1.29, 1.82) is 0 Å². The van der Waals surface area contributed by atoms with Gasteiger partial charge in [-0.1, -0.05) is 12.1 Å². The molecule has 0 saturated carbocycles. The zero-order valence-corrected chi connectivity index (χ0v) is 10.5. The van der Waals surface area contributed by atoms with E-state index in [9.17, 15) is 9.59 Å². The summed E-state index contributed by atoms with van der Waals surface area (Å²) in [5.41, 5.74) is 1.42. The smallest absolute Gasteiger partial charge is 0.241 e. The van der Waals surface area contributed by atoms with Gasteiger partial charge in [0.1, 0.15) is 0 Å². The third-order valence-electron chi connectivity index (χ3n) is 2.61. The molecule has 92 valence electrons. The lowest BCUT2D eigenvalue weighted by Crippen LogP contribution is -2.37. The molecule has 0 atom stereocenters. The predicted octanol–water partition coefficient (Wildman–Crippen LogP) is 1.41. The third-order valence-corrected chi connectivity index (χ3v) is 2.61. The molecule has 4 heteroatoms. The Balaban J connectivity index is 2.93. The molecule has 0 aromatic heterocycles. The number of nitrogens with zero attached hydrogens (tertiary/aromatic N) is 2. The number of aldehydes is 1. The lowest BCUT2D eigenvalue weighted by atomic mass is 10.1. The van der Waals surface area contributed by atoms with Gasteiger partial charge in [-0.3, -0.25) is 9.59 Å². The van der Waals surface area contributed by atoms with Crippen molar-refractivity contribution in [3.8, 4) is 0 Å². The van der Waals surface area contributed by atoms with E-state index in [0.717, 1.165) is 12.0 Å². The van der Waals surface area contributed by atoms with Crippen molar-refractivity contribution in [2.45, 2.75) is 6.92 Å². The van der Waals surface area contributed by atoms with E-state index in [0.29, 0.717) is 12.1 Å². The normalized spacial score (nSPS) is 9.82. The lowest BCUT2D eigenvalue weighted by molar-refractivity contribution is -0.127. The van der Waals surface area contributed by atoms with Crippen LogP contribution in [0.2, 0.25) is 0 Å². The Hall–Kier alpha value is -1.84. The topological polar surface area (TPSA) is 40.6 Å². The Bertz CT molecular complexity index is 402. The number of hydrogen-bond donors (Lipinski definition) is 0. The van der Waals surface area contributed by atoms with Gasteiger partial charge < -0.3 is 9.80 Å². The van der Waals surface area contributed by atoms with E-state index in [1.807, 2.05) is 30.0 Å². The minimum absolute atomic E-state index is 0.0209. The maximum atomic E-state index is 11.7. The van der Waals surface area contributed by atoms with Crippen molar-refractivity contribution < 1.29 is 9.59 Å².